The van der Waals surface area contributed by atoms with E-state index in [-0.39, 0.29) is 17.3 Å². The maximum atomic E-state index is 12.0. The van der Waals surface area contributed by atoms with Crippen LogP contribution in [0.3, 0.4) is 0 Å². The van der Waals surface area contributed by atoms with Crippen LogP contribution in [0.4, 0.5) is 10.5 Å². The molecule has 0 aliphatic carbocycles. The summed E-state index contributed by atoms with van der Waals surface area (Å²) < 4.78 is 5.04. The Morgan fingerprint density at radius 3 is 2.65 bits per heavy atom. The van der Waals surface area contributed by atoms with Gasteiger partial charge >= 0.3 is 12.0 Å². The number of nitrogens with zero attached hydrogens (tertiary/aromatic N) is 1. The Hall–Kier alpha value is -2.24. The van der Waals surface area contributed by atoms with Gasteiger partial charge in [-0.15, -0.1) is 0 Å². The van der Waals surface area contributed by atoms with Crippen molar-refractivity contribution in [3.63, 3.8) is 0 Å². The number of carbonyl (C=O) groups excluding carboxylic acids is 1. The van der Waals surface area contributed by atoms with Crippen molar-refractivity contribution >= 4 is 17.7 Å². The van der Waals surface area contributed by atoms with Crippen LogP contribution >= 0.6 is 0 Å². The van der Waals surface area contributed by atoms with Gasteiger partial charge in [0, 0.05) is 19.7 Å². The summed E-state index contributed by atoms with van der Waals surface area (Å²) in [4.78, 5) is 24.6. The molecule has 0 unspecified atom stereocenters. The number of carbonyl (C=O) groups is 2. The largest absolute Gasteiger partial charge is 0.497 e. The van der Waals surface area contributed by atoms with Crippen molar-refractivity contribution in [3.8, 4) is 5.75 Å². The molecule has 0 bridgehead atoms. The smallest absolute Gasteiger partial charge is 0.337 e. The molecular weight excluding hydrogens is 260 g/mol. The zero-order chi connectivity index (χ0) is 15.1. The molecule has 0 aliphatic heterocycles. The molecular formula is C14H20N2O4. The molecule has 0 heterocycles. The van der Waals surface area contributed by atoms with Crippen molar-refractivity contribution < 1.29 is 19.4 Å². The summed E-state index contributed by atoms with van der Waals surface area (Å²) in [5.41, 5.74) is 0.258. The van der Waals surface area contributed by atoms with Crippen molar-refractivity contribution in [2.24, 2.45) is 0 Å². The lowest BCUT2D eigenvalue weighted by Gasteiger charge is -2.18. The second-order valence-electron chi connectivity index (χ2n) is 4.42. The predicted molar refractivity (Wildman–Crippen MR) is 76.5 cm³/mol. The van der Waals surface area contributed by atoms with Crippen molar-refractivity contribution in [1.29, 1.82) is 0 Å². The second kappa shape index (κ2) is 7.37. The van der Waals surface area contributed by atoms with Crippen LogP contribution < -0.4 is 10.1 Å². The Bertz CT molecular complexity index is 488. The van der Waals surface area contributed by atoms with E-state index in [0.717, 1.165) is 12.8 Å². The number of urea groups is 1. The first-order valence-electron chi connectivity index (χ1n) is 6.43. The van der Waals surface area contributed by atoms with Gasteiger partial charge in [-0.1, -0.05) is 13.3 Å². The van der Waals surface area contributed by atoms with Gasteiger partial charge in [0.15, 0.2) is 0 Å². The highest BCUT2D eigenvalue weighted by Gasteiger charge is 2.15. The first-order chi connectivity index (χ1) is 9.49. The molecule has 2 amide bonds. The standard InChI is InChI=1S/C14H20N2O4/c1-4-5-8-16(2)14(19)15-12-9-10(20-3)6-7-11(12)13(17)18/h6-7,9H,4-5,8H2,1-3H3,(H,15,19)(H,17,18). The molecule has 0 saturated heterocycles. The van der Waals surface area contributed by atoms with Crippen LogP contribution in [0.1, 0.15) is 30.1 Å². The van der Waals surface area contributed by atoms with Gasteiger partial charge in [-0.25, -0.2) is 9.59 Å². The molecule has 0 fully saturated rings. The zero-order valence-corrected chi connectivity index (χ0v) is 12.0. The monoisotopic (exact) mass is 280 g/mol. The fourth-order valence-electron chi connectivity index (χ4n) is 1.65. The third-order valence-electron chi connectivity index (χ3n) is 2.89. The van der Waals surface area contributed by atoms with E-state index in [1.807, 2.05) is 6.92 Å². The lowest BCUT2D eigenvalue weighted by Crippen LogP contribution is -2.32. The fourth-order valence-corrected chi connectivity index (χ4v) is 1.65. The third kappa shape index (κ3) is 4.15. The normalized spacial score (nSPS) is 9.95. The number of methoxy groups -OCH3 is 1. The zero-order valence-electron chi connectivity index (χ0n) is 12.0. The van der Waals surface area contributed by atoms with Gasteiger partial charge in [-0.2, -0.15) is 0 Å². The number of hydrogen-bond donors (Lipinski definition) is 2. The number of nitrogens with one attached hydrogen (secondary N) is 1. The van der Waals surface area contributed by atoms with E-state index < -0.39 is 5.97 Å². The highest BCUT2D eigenvalue weighted by atomic mass is 16.5. The van der Waals surface area contributed by atoms with E-state index in [4.69, 9.17) is 9.84 Å². The molecule has 1 aromatic carbocycles. The van der Waals surface area contributed by atoms with Gasteiger partial charge in [0.2, 0.25) is 0 Å². The number of carboxylic acids is 1. The average molecular weight is 280 g/mol. The average Bonchev–Trinajstić information content (AvgIpc) is 2.44. The Labute approximate surface area is 118 Å². The van der Waals surface area contributed by atoms with Gasteiger partial charge in [0.05, 0.1) is 18.4 Å². The van der Waals surface area contributed by atoms with Crippen LogP contribution in [-0.4, -0.2) is 42.7 Å². The van der Waals surface area contributed by atoms with Gasteiger partial charge in [0.25, 0.3) is 0 Å². The molecule has 0 aliphatic rings. The summed E-state index contributed by atoms with van der Waals surface area (Å²) in [6.07, 6.45) is 1.88. The Morgan fingerprint density at radius 2 is 2.10 bits per heavy atom. The minimum atomic E-state index is -1.10. The minimum absolute atomic E-state index is 0.0306. The predicted octanol–water partition coefficient (Wildman–Crippen LogP) is 2.66. The van der Waals surface area contributed by atoms with Crippen LogP contribution in [0.15, 0.2) is 18.2 Å². The van der Waals surface area contributed by atoms with E-state index in [1.165, 1.54) is 24.1 Å². The van der Waals surface area contributed by atoms with Crippen molar-refractivity contribution in [1.82, 2.24) is 4.90 Å². The number of hydrogen-bond acceptors (Lipinski definition) is 3. The van der Waals surface area contributed by atoms with Crippen LogP contribution in [-0.2, 0) is 0 Å². The Kier molecular flexibility index (Phi) is 5.83. The number of unbranched alkanes of at least 4 members (excludes halogenated alkanes) is 1. The number of carboxylic acid groups (broad SMARTS) is 1. The van der Waals surface area contributed by atoms with Crippen molar-refractivity contribution in [2.75, 3.05) is 26.0 Å². The van der Waals surface area contributed by atoms with Crippen molar-refractivity contribution in [2.45, 2.75) is 19.8 Å². The van der Waals surface area contributed by atoms with Gasteiger partial charge in [-0.05, 0) is 18.6 Å². The first-order valence-corrected chi connectivity index (χ1v) is 6.43. The van der Waals surface area contributed by atoms with Crippen LogP contribution in [0, 0.1) is 0 Å². The van der Waals surface area contributed by atoms with Crippen LogP contribution in [0.25, 0.3) is 0 Å². The lowest BCUT2D eigenvalue weighted by molar-refractivity contribution is 0.0698. The molecule has 1 aromatic rings. The summed E-state index contributed by atoms with van der Waals surface area (Å²) in [6.45, 7) is 2.66. The van der Waals surface area contributed by atoms with E-state index >= 15 is 0 Å². The topological polar surface area (TPSA) is 78.9 Å². The summed E-state index contributed by atoms with van der Waals surface area (Å²) in [7, 11) is 3.15. The number of rotatable bonds is 6. The van der Waals surface area contributed by atoms with Crippen LogP contribution in [0.5, 0.6) is 5.75 Å². The summed E-state index contributed by atoms with van der Waals surface area (Å²) in [6, 6.07) is 4.10. The molecule has 0 radical (unpaired) electrons. The van der Waals surface area contributed by atoms with Gasteiger partial charge < -0.3 is 20.1 Å². The summed E-state index contributed by atoms with van der Waals surface area (Å²) >= 11 is 0. The number of anilines is 1. The molecule has 110 valence electrons. The molecule has 0 aromatic heterocycles. The second-order valence-corrected chi connectivity index (χ2v) is 4.42. The number of aromatic carboxylic acids is 1. The van der Waals surface area contributed by atoms with Gasteiger partial charge in [-0.3, -0.25) is 0 Å². The number of amides is 2. The highest BCUT2D eigenvalue weighted by molar-refractivity contribution is 6.00. The third-order valence-corrected chi connectivity index (χ3v) is 2.89. The molecule has 6 heteroatoms. The van der Waals surface area contributed by atoms with E-state index in [0.29, 0.717) is 12.3 Å². The SMILES string of the molecule is CCCCN(C)C(=O)Nc1cc(OC)ccc1C(=O)O. The maximum absolute atomic E-state index is 12.0. The van der Waals surface area contributed by atoms with Crippen LogP contribution in [0.2, 0.25) is 0 Å². The molecule has 20 heavy (non-hydrogen) atoms. The molecule has 2 N–H and O–H groups in total. The summed E-state index contributed by atoms with van der Waals surface area (Å²) in [5, 5.41) is 11.7. The molecule has 6 nitrogen and oxygen atoms in total. The summed E-state index contributed by atoms with van der Waals surface area (Å²) in [5.74, 6) is -0.610. The highest BCUT2D eigenvalue weighted by Crippen LogP contribution is 2.23. The number of ether oxygens (including phenoxy) is 1. The first kappa shape index (κ1) is 15.8. The maximum Gasteiger partial charge on any atom is 0.337 e. The Morgan fingerprint density at radius 1 is 1.40 bits per heavy atom. The quantitative estimate of drug-likeness (QED) is 0.839. The number of benzene rings is 1. The molecule has 0 atom stereocenters. The molecule has 1 rings (SSSR count). The van der Waals surface area contributed by atoms with E-state index in [1.54, 1.807) is 13.1 Å². The van der Waals surface area contributed by atoms with E-state index in [9.17, 15) is 9.59 Å². The lowest BCUT2D eigenvalue weighted by atomic mass is 10.1. The molecule has 0 saturated carbocycles. The Balaban J connectivity index is 2.89. The minimum Gasteiger partial charge on any atom is -0.497 e. The fraction of sp³-hybridized carbons (Fsp3) is 0.429. The van der Waals surface area contributed by atoms with E-state index in [2.05, 4.69) is 5.32 Å². The van der Waals surface area contributed by atoms with Gasteiger partial charge in [0.1, 0.15) is 5.75 Å². The molecule has 0 spiro atoms. The van der Waals surface area contributed by atoms with Crippen molar-refractivity contribution in [3.05, 3.63) is 23.8 Å².